The molecule has 1 aromatic rings. The molecule has 0 aromatic carbocycles. The normalized spacial score (nSPS) is 12.1. The van der Waals surface area contributed by atoms with Crippen LogP contribution in [0.4, 0.5) is 0 Å². The largest absolute Gasteiger partial charge is 0.129 e. The van der Waals surface area contributed by atoms with Crippen LogP contribution < -0.4 is 5.19 Å². The van der Waals surface area contributed by atoms with Crippen LogP contribution in [0.2, 0.25) is 24.0 Å². The van der Waals surface area contributed by atoms with Gasteiger partial charge in [-0.1, -0.05) is 31.2 Å². The molecule has 0 aliphatic carbocycles. The summed E-state index contributed by atoms with van der Waals surface area (Å²) in [5.74, 6) is 0. The van der Waals surface area contributed by atoms with E-state index in [-0.39, 0.29) is 0 Å². The van der Waals surface area contributed by atoms with Crippen molar-refractivity contribution in [3.8, 4) is 0 Å². The lowest BCUT2D eigenvalue weighted by atomic mass is 10.5. The molecule has 0 aliphatic heterocycles. The molecule has 0 radical (unpaired) electrons. The van der Waals surface area contributed by atoms with Crippen molar-refractivity contribution in [2.24, 2.45) is 0 Å². The summed E-state index contributed by atoms with van der Waals surface area (Å²) in [5, 5.41) is 1.40. The fraction of sp³-hybridized carbons (Fsp3) is 0.500. The minimum Gasteiger partial charge on any atom is -0.129 e. The number of hydrogen-bond donors (Lipinski definition) is 0. The van der Waals surface area contributed by atoms with Gasteiger partial charge in [0.05, 0.1) is 12.4 Å². The second kappa shape index (κ2) is 2.92. The summed E-state index contributed by atoms with van der Waals surface area (Å²) in [4.78, 5) is 1.33. The molecular formula is C8H13ClSSi. The summed E-state index contributed by atoms with van der Waals surface area (Å²) in [5.41, 5.74) is 0. The van der Waals surface area contributed by atoms with Crippen LogP contribution in [0.15, 0.2) is 6.07 Å². The minimum atomic E-state index is -1.18. The minimum absolute atomic E-state index is 1.00. The molecule has 0 unspecified atom stereocenters. The lowest BCUT2D eigenvalue weighted by molar-refractivity contribution is 1.64. The Morgan fingerprint density at radius 1 is 1.36 bits per heavy atom. The molecular weight excluding hydrogens is 192 g/mol. The van der Waals surface area contributed by atoms with E-state index in [0.29, 0.717) is 0 Å². The summed E-state index contributed by atoms with van der Waals surface area (Å²) in [7, 11) is -1.18. The predicted octanol–water partition coefficient (Wildman–Crippen LogP) is 3.26. The molecule has 1 aromatic heterocycles. The summed E-state index contributed by atoms with van der Waals surface area (Å²) >= 11 is 7.78. The molecule has 0 nitrogen and oxygen atoms in total. The summed E-state index contributed by atoms with van der Waals surface area (Å²) in [6.45, 7) is 9.07. The van der Waals surface area contributed by atoms with Gasteiger partial charge in [0, 0.05) is 4.88 Å². The van der Waals surface area contributed by atoms with E-state index in [1.54, 1.807) is 11.3 Å². The smallest absolute Gasteiger partial charge is 0.0923 e. The Balaban J connectivity index is 3.13. The number of halogens is 1. The average molecular weight is 205 g/mol. The lowest BCUT2D eigenvalue weighted by Gasteiger charge is -2.14. The topological polar surface area (TPSA) is 0 Å². The third-order valence-electron chi connectivity index (χ3n) is 1.62. The van der Waals surface area contributed by atoms with Crippen LogP contribution in [0.3, 0.4) is 0 Å². The Kier molecular flexibility index (Phi) is 2.47. The molecule has 0 saturated heterocycles. The van der Waals surface area contributed by atoms with Crippen molar-refractivity contribution in [1.82, 2.24) is 0 Å². The zero-order valence-electron chi connectivity index (χ0n) is 7.36. The van der Waals surface area contributed by atoms with Gasteiger partial charge in [0.25, 0.3) is 0 Å². The highest BCUT2D eigenvalue weighted by molar-refractivity contribution is 7.18. The standard InChI is InChI=1S/C8H13ClSSi/c1-6-5-7(8(9)10-6)11(2,3)4/h5H,1-4H3. The fourth-order valence-corrected chi connectivity index (χ4v) is 5.31. The van der Waals surface area contributed by atoms with Gasteiger partial charge in [-0.15, -0.1) is 11.3 Å². The highest BCUT2D eigenvalue weighted by Gasteiger charge is 2.21. The first kappa shape index (κ1) is 9.30. The van der Waals surface area contributed by atoms with Crippen molar-refractivity contribution in [2.75, 3.05) is 0 Å². The van der Waals surface area contributed by atoms with Crippen LogP contribution in [-0.2, 0) is 0 Å². The first-order chi connectivity index (χ1) is 4.91. The summed E-state index contributed by atoms with van der Waals surface area (Å²) < 4.78 is 1.00. The molecule has 0 aliphatic rings. The molecule has 0 spiro atoms. The van der Waals surface area contributed by atoms with E-state index >= 15 is 0 Å². The molecule has 0 atom stereocenters. The van der Waals surface area contributed by atoms with E-state index < -0.39 is 8.07 Å². The first-order valence-electron chi connectivity index (χ1n) is 3.67. The third kappa shape index (κ3) is 2.07. The van der Waals surface area contributed by atoms with Gasteiger partial charge < -0.3 is 0 Å². The van der Waals surface area contributed by atoms with Gasteiger partial charge in [0.15, 0.2) is 0 Å². The van der Waals surface area contributed by atoms with Gasteiger partial charge in [-0.25, -0.2) is 0 Å². The third-order valence-corrected chi connectivity index (χ3v) is 5.24. The van der Waals surface area contributed by atoms with E-state index in [0.717, 1.165) is 4.34 Å². The van der Waals surface area contributed by atoms with Gasteiger partial charge in [-0.3, -0.25) is 0 Å². The Morgan fingerprint density at radius 3 is 2.09 bits per heavy atom. The van der Waals surface area contributed by atoms with Gasteiger partial charge >= 0.3 is 0 Å². The van der Waals surface area contributed by atoms with Crippen LogP contribution in [0.1, 0.15) is 4.88 Å². The van der Waals surface area contributed by atoms with Crippen molar-refractivity contribution < 1.29 is 0 Å². The highest BCUT2D eigenvalue weighted by atomic mass is 35.5. The molecule has 3 heteroatoms. The van der Waals surface area contributed by atoms with E-state index in [2.05, 4.69) is 32.6 Å². The average Bonchev–Trinajstić information content (AvgIpc) is 2.08. The van der Waals surface area contributed by atoms with Crippen LogP contribution in [0.25, 0.3) is 0 Å². The van der Waals surface area contributed by atoms with Crippen molar-refractivity contribution in [3.05, 3.63) is 15.3 Å². The number of aryl methyl sites for hydroxylation is 1. The van der Waals surface area contributed by atoms with E-state index in [1.807, 2.05) is 0 Å². The van der Waals surface area contributed by atoms with E-state index in [4.69, 9.17) is 11.6 Å². The van der Waals surface area contributed by atoms with Gasteiger partial charge in [0.1, 0.15) is 0 Å². The maximum atomic E-state index is 6.08. The van der Waals surface area contributed by atoms with Crippen LogP contribution in [0, 0.1) is 6.92 Å². The summed E-state index contributed by atoms with van der Waals surface area (Å²) in [6, 6.07) is 2.24. The van der Waals surface area contributed by atoms with E-state index in [1.165, 1.54) is 10.1 Å². The van der Waals surface area contributed by atoms with Crippen molar-refractivity contribution >= 4 is 36.2 Å². The lowest BCUT2D eigenvalue weighted by Crippen LogP contribution is -2.36. The predicted molar refractivity (Wildman–Crippen MR) is 57.0 cm³/mol. The molecule has 62 valence electrons. The second-order valence-electron chi connectivity index (χ2n) is 3.79. The van der Waals surface area contributed by atoms with Crippen LogP contribution in [-0.4, -0.2) is 8.07 Å². The van der Waals surface area contributed by atoms with Crippen molar-refractivity contribution in [2.45, 2.75) is 26.6 Å². The second-order valence-corrected chi connectivity index (χ2v) is 10.7. The molecule has 1 heterocycles. The Morgan fingerprint density at radius 2 is 1.91 bits per heavy atom. The number of rotatable bonds is 1. The number of hydrogen-bond acceptors (Lipinski definition) is 1. The van der Waals surface area contributed by atoms with Gasteiger partial charge in [-0.2, -0.15) is 0 Å². The maximum absolute atomic E-state index is 6.08. The van der Waals surface area contributed by atoms with Crippen LogP contribution >= 0.6 is 22.9 Å². The first-order valence-corrected chi connectivity index (χ1v) is 8.37. The zero-order chi connectivity index (χ0) is 8.65. The molecule has 0 N–H and O–H groups in total. The Hall–Kier alpha value is 0.207. The van der Waals surface area contributed by atoms with Gasteiger partial charge in [0.2, 0.25) is 0 Å². The molecule has 0 fully saturated rings. The van der Waals surface area contributed by atoms with Crippen LogP contribution in [0.5, 0.6) is 0 Å². The Labute approximate surface area is 78.2 Å². The maximum Gasteiger partial charge on any atom is 0.0923 e. The number of thiophene rings is 1. The zero-order valence-corrected chi connectivity index (χ0v) is 9.94. The van der Waals surface area contributed by atoms with Crippen molar-refractivity contribution in [1.29, 1.82) is 0 Å². The van der Waals surface area contributed by atoms with E-state index in [9.17, 15) is 0 Å². The summed E-state index contributed by atoms with van der Waals surface area (Å²) in [6.07, 6.45) is 0. The SMILES string of the molecule is Cc1cc([Si](C)(C)C)c(Cl)s1. The molecule has 0 bridgehead atoms. The van der Waals surface area contributed by atoms with Gasteiger partial charge in [-0.05, 0) is 18.2 Å². The molecule has 11 heavy (non-hydrogen) atoms. The molecule has 1 rings (SSSR count). The molecule has 0 saturated carbocycles. The van der Waals surface area contributed by atoms with Crippen molar-refractivity contribution in [3.63, 3.8) is 0 Å². The molecule has 0 amide bonds. The monoisotopic (exact) mass is 204 g/mol. The quantitative estimate of drug-likeness (QED) is 0.617. The highest BCUT2D eigenvalue weighted by Crippen LogP contribution is 2.22. The Bertz CT molecular complexity index is 260. The fourth-order valence-electron chi connectivity index (χ4n) is 0.997.